The molecule has 0 atom stereocenters. The number of ketones is 1. The average Bonchev–Trinajstić information content (AvgIpc) is 2.88. The van der Waals surface area contributed by atoms with Crippen LogP contribution in [0.2, 0.25) is 0 Å². The zero-order chi connectivity index (χ0) is 16.3. The zero-order valence-electron chi connectivity index (χ0n) is 12.5. The molecule has 116 valence electrons. The number of hydrogen-bond donors (Lipinski definition) is 0. The molecule has 0 aliphatic heterocycles. The van der Waals surface area contributed by atoms with Crippen LogP contribution in [0.25, 0.3) is 6.08 Å². The number of methoxy groups -OCH3 is 1. The van der Waals surface area contributed by atoms with Crippen molar-refractivity contribution in [1.29, 1.82) is 0 Å². The average molecular weight is 320 g/mol. The molecule has 1 heterocycles. The second-order valence-electron chi connectivity index (χ2n) is 4.78. The molecule has 0 saturated heterocycles. The van der Waals surface area contributed by atoms with Crippen LogP contribution in [0.5, 0.6) is 5.75 Å². The van der Waals surface area contributed by atoms with Crippen molar-refractivity contribution in [3.63, 3.8) is 0 Å². The van der Waals surface area contributed by atoms with Crippen molar-refractivity contribution in [1.82, 2.24) is 9.78 Å². The van der Waals surface area contributed by atoms with Gasteiger partial charge in [-0.25, -0.2) is 8.42 Å². The molecule has 22 heavy (non-hydrogen) atoms. The van der Waals surface area contributed by atoms with E-state index in [4.69, 9.17) is 4.74 Å². The van der Waals surface area contributed by atoms with Gasteiger partial charge in [-0.2, -0.15) is 5.10 Å². The van der Waals surface area contributed by atoms with Crippen LogP contribution in [0.15, 0.2) is 41.6 Å². The van der Waals surface area contributed by atoms with Crippen LogP contribution in [0, 0.1) is 0 Å². The molecule has 2 rings (SSSR count). The van der Waals surface area contributed by atoms with E-state index in [0.29, 0.717) is 5.56 Å². The molecule has 2 aromatic rings. The van der Waals surface area contributed by atoms with Gasteiger partial charge in [0.05, 0.1) is 13.3 Å². The molecule has 0 bridgehead atoms. The number of carbonyl (C=O) groups is 1. The third-order valence-corrected chi connectivity index (χ3v) is 4.14. The number of hydrogen-bond acceptors (Lipinski definition) is 5. The number of rotatable bonds is 5. The molecule has 1 aromatic heterocycles. The quantitative estimate of drug-likeness (QED) is 0.619. The lowest BCUT2D eigenvalue weighted by Crippen LogP contribution is -2.03. The number of nitrogens with zero attached hydrogens (tertiary/aromatic N) is 2. The number of ether oxygens (including phenoxy) is 1. The van der Waals surface area contributed by atoms with Crippen molar-refractivity contribution in [3.8, 4) is 5.75 Å². The second kappa shape index (κ2) is 6.15. The summed E-state index contributed by atoms with van der Waals surface area (Å²) in [6, 6.07) is 4.26. The Hall–Kier alpha value is -2.41. The zero-order valence-corrected chi connectivity index (χ0v) is 13.3. The summed E-state index contributed by atoms with van der Waals surface area (Å²) in [5.41, 5.74) is 1.15. The summed E-state index contributed by atoms with van der Waals surface area (Å²) >= 11 is 0. The van der Waals surface area contributed by atoms with E-state index in [1.807, 2.05) is 0 Å². The van der Waals surface area contributed by atoms with Crippen LogP contribution in [-0.4, -0.2) is 37.3 Å². The van der Waals surface area contributed by atoms with Gasteiger partial charge in [0, 0.05) is 30.6 Å². The fourth-order valence-corrected chi connectivity index (χ4v) is 2.74. The van der Waals surface area contributed by atoms with Crippen LogP contribution in [-0.2, 0) is 16.9 Å². The minimum Gasteiger partial charge on any atom is -0.495 e. The summed E-state index contributed by atoms with van der Waals surface area (Å²) in [7, 11) is -0.255. The number of sulfone groups is 1. The summed E-state index contributed by atoms with van der Waals surface area (Å²) < 4.78 is 29.9. The molecule has 7 heteroatoms. The SMILES string of the molecule is COc1cc(C(=O)C=Cc2cnn(C)c2)ccc1S(C)(=O)=O. The van der Waals surface area contributed by atoms with E-state index >= 15 is 0 Å². The Bertz CT molecular complexity index is 835. The van der Waals surface area contributed by atoms with Crippen molar-refractivity contribution in [2.24, 2.45) is 7.05 Å². The highest BCUT2D eigenvalue weighted by Gasteiger charge is 2.16. The molecule has 0 aliphatic rings. The molecular weight excluding hydrogens is 304 g/mol. The maximum Gasteiger partial charge on any atom is 0.185 e. The predicted octanol–water partition coefficient (Wildman–Crippen LogP) is 1.73. The number of aromatic nitrogens is 2. The summed E-state index contributed by atoms with van der Waals surface area (Å²) in [6.07, 6.45) is 7.56. The fourth-order valence-electron chi connectivity index (χ4n) is 1.92. The van der Waals surface area contributed by atoms with Gasteiger partial charge in [-0.05, 0) is 30.4 Å². The first-order chi connectivity index (χ1) is 10.3. The third kappa shape index (κ3) is 3.62. The highest BCUT2D eigenvalue weighted by atomic mass is 32.2. The predicted molar refractivity (Wildman–Crippen MR) is 82.7 cm³/mol. The first-order valence-electron chi connectivity index (χ1n) is 6.40. The van der Waals surface area contributed by atoms with Crippen LogP contribution >= 0.6 is 0 Å². The van der Waals surface area contributed by atoms with Gasteiger partial charge in [0.15, 0.2) is 15.6 Å². The van der Waals surface area contributed by atoms with Crippen LogP contribution in [0.3, 0.4) is 0 Å². The fraction of sp³-hybridized carbons (Fsp3) is 0.200. The first kappa shape index (κ1) is 16.0. The second-order valence-corrected chi connectivity index (χ2v) is 6.77. The molecule has 0 N–H and O–H groups in total. The van der Waals surface area contributed by atoms with Crippen molar-refractivity contribution in [3.05, 3.63) is 47.8 Å². The van der Waals surface area contributed by atoms with Crippen molar-refractivity contribution in [2.45, 2.75) is 4.90 Å². The minimum atomic E-state index is -3.41. The topological polar surface area (TPSA) is 78.3 Å². The molecule has 1 aromatic carbocycles. The monoisotopic (exact) mass is 320 g/mol. The molecule has 0 amide bonds. The Morgan fingerprint density at radius 1 is 1.36 bits per heavy atom. The largest absolute Gasteiger partial charge is 0.495 e. The Balaban J connectivity index is 2.29. The summed E-state index contributed by atoms with van der Waals surface area (Å²) in [4.78, 5) is 12.2. The lowest BCUT2D eigenvalue weighted by molar-refractivity contribution is 0.104. The maximum atomic E-state index is 12.1. The van der Waals surface area contributed by atoms with Gasteiger partial charge < -0.3 is 4.74 Å². The molecule has 0 spiro atoms. The molecule has 6 nitrogen and oxygen atoms in total. The number of benzene rings is 1. The smallest absolute Gasteiger partial charge is 0.185 e. The lowest BCUT2D eigenvalue weighted by Gasteiger charge is -2.07. The highest BCUT2D eigenvalue weighted by molar-refractivity contribution is 7.90. The number of carbonyl (C=O) groups excluding carboxylic acids is 1. The van der Waals surface area contributed by atoms with E-state index in [1.165, 1.54) is 31.4 Å². The number of aryl methyl sites for hydroxylation is 1. The molecule has 0 aliphatic carbocycles. The summed E-state index contributed by atoms with van der Waals surface area (Å²) in [5.74, 6) is -0.0923. The van der Waals surface area contributed by atoms with Gasteiger partial charge in [0.1, 0.15) is 10.6 Å². The van der Waals surface area contributed by atoms with E-state index in [0.717, 1.165) is 11.8 Å². The Morgan fingerprint density at radius 2 is 2.09 bits per heavy atom. The van der Waals surface area contributed by atoms with Gasteiger partial charge in [-0.3, -0.25) is 9.48 Å². The van der Waals surface area contributed by atoms with Crippen LogP contribution < -0.4 is 4.74 Å². The lowest BCUT2D eigenvalue weighted by atomic mass is 10.1. The molecule has 0 radical (unpaired) electrons. The van der Waals surface area contributed by atoms with E-state index in [1.54, 1.807) is 30.2 Å². The Morgan fingerprint density at radius 3 is 2.64 bits per heavy atom. The summed E-state index contributed by atoms with van der Waals surface area (Å²) in [5, 5.41) is 4.00. The van der Waals surface area contributed by atoms with Gasteiger partial charge in [0.25, 0.3) is 0 Å². The Labute approximate surface area is 128 Å². The van der Waals surface area contributed by atoms with Crippen LogP contribution in [0.1, 0.15) is 15.9 Å². The highest BCUT2D eigenvalue weighted by Crippen LogP contribution is 2.25. The molecule has 0 unspecified atom stereocenters. The normalized spacial score (nSPS) is 11.8. The summed E-state index contributed by atoms with van der Waals surface area (Å²) in [6.45, 7) is 0. The van der Waals surface area contributed by atoms with Gasteiger partial charge >= 0.3 is 0 Å². The van der Waals surface area contributed by atoms with E-state index in [9.17, 15) is 13.2 Å². The van der Waals surface area contributed by atoms with Crippen LogP contribution in [0.4, 0.5) is 0 Å². The standard InChI is InChI=1S/C15H16N2O4S/c1-17-10-11(9-16-17)4-6-13(18)12-5-7-15(22(3,19)20)14(8-12)21-2/h4-10H,1-3H3. The van der Waals surface area contributed by atoms with Crippen molar-refractivity contribution < 1.29 is 17.9 Å². The third-order valence-electron chi connectivity index (χ3n) is 3.00. The van der Waals surface area contributed by atoms with Crippen molar-refractivity contribution in [2.75, 3.05) is 13.4 Å². The van der Waals surface area contributed by atoms with Gasteiger partial charge in [-0.15, -0.1) is 0 Å². The van der Waals surface area contributed by atoms with Gasteiger partial charge in [-0.1, -0.05) is 0 Å². The minimum absolute atomic E-state index is 0.0581. The maximum absolute atomic E-state index is 12.1. The molecular formula is C15H16N2O4S. The molecule has 0 fully saturated rings. The van der Waals surface area contributed by atoms with Crippen molar-refractivity contribution >= 4 is 21.7 Å². The van der Waals surface area contributed by atoms with E-state index in [2.05, 4.69) is 5.10 Å². The van der Waals surface area contributed by atoms with E-state index < -0.39 is 9.84 Å². The number of allylic oxidation sites excluding steroid dienone is 1. The van der Waals surface area contributed by atoms with Gasteiger partial charge in [0.2, 0.25) is 0 Å². The first-order valence-corrected chi connectivity index (χ1v) is 8.29. The molecule has 0 saturated carbocycles. The Kier molecular flexibility index (Phi) is 4.46. The van der Waals surface area contributed by atoms with E-state index in [-0.39, 0.29) is 16.4 Å².